The van der Waals surface area contributed by atoms with Gasteiger partial charge in [0.15, 0.2) is 11.4 Å². The molecule has 0 radical (unpaired) electrons. The minimum absolute atomic E-state index is 0.670. The topological polar surface area (TPSA) is 43.9 Å². The molecular weight excluding hydrogens is 611 g/mol. The average molecular weight is 640 g/mol. The molecule has 0 amide bonds. The summed E-state index contributed by atoms with van der Waals surface area (Å²) in [6.45, 7) is 0. The van der Waals surface area contributed by atoms with Crippen LogP contribution in [0.15, 0.2) is 180 Å². The van der Waals surface area contributed by atoms with Crippen LogP contribution in [0, 0.1) is 0 Å². The summed E-state index contributed by atoms with van der Waals surface area (Å²) in [5.41, 5.74) is 13.1. The summed E-state index contributed by atoms with van der Waals surface area (Å²) < 4.78 is 8.90. The second-order valence-corrected chi connectivity index (χ2v) is 12.6. The average Bonchev–Trinajstić information content (AvgIpc) is 3.74. The maximum atomic E-state index is 6.56. The number of hydrogen-bond acceptors (Lipinski definition) is 3. The zero-order valence-electron chi connectivity index (χ0n) is 27.0. The van der Waals surface area contributed by atoms with Crippen LogP contribution in [0.4, 0.5) is 0 Å². The van der Waals surface area contributed by atoms with E-state index in [4.69, 9.17) is 14.4 Å². The van der Waals surface area contributed by atoms with Crippen LogP contribution in [0.5, 0.6) is 0 Å². The van der Waals surface area contributed by atoms with Gasteiger partial charge in [-0.3, -0.25) is 0 Å². The van der Waals surface area contributed by atoms with Gasteiger partial charge in [0.25, 0.3) is 0 Å². The lowest BCUT2D eigenvalue weighted by molar-refractivity contribution is 0.667. The van der Waals surface area contributed by atoms with Crippen molar-refractivity contribution in [1.29, 1.82) is 0 Å². The van der Waals surface area contributed by atoms with Crippen molar-refractivity contribution >= 4 is 43.9 Å². The van der Waals surface area contributed by atoms with E-state index in [1.165, 1.54) is 27.4 Å². The molecule has 4 nitrogen and oxygen atoms in total. The highest BCUT2D eigenvalue weighted by Gasteiger charge is 2.19. The van der Waals surface area contributed by atoms with Gasteiger partial charge in [0.1, 0.15) is 16.8 Å². The molecule has 10 aromatic rings. The highest BCUT2D eigenvalue weighted by molar-refractivity contribution is 6.10. The van der Waals surface area contributed by atoms with Crippen LogP contribution in [0.1, 0.15) is 0 Å². The minimum atomic E-state index is 0.670. The lowest BCUT2D eigenvalue weighted by Gasteiger charge is -2.09. The molecule has 0 aliphatic rings. The Morgan fingerprint density at radius 3 is 1.60 bits per heavy atom. The predicted molar refractivity (Wildman–Crippen MR) is 205 cm³/mol. The molecule has 0 bridgehead atoms. The van der Waals surface area contributed by atoms with E-state index in [0.29, 0.717) is 11.4 Å². The first-order valence-electron chi connectivity index (χ1n) is 16.8. The first-order valence-corrected chi connectivity index (χ1v) is 16.8. The summed E-state index contributed by atoms with van der Waals surface area (Å²) in [6.07, 6.45) is 0. The van der Waals surface area contributed by atoms with Crippen molar-refractivity contribution < 1.29 is 4.42 Å². The Balaban J connectivity index is 1.09. The largest absolute Gasteiger partial charge is 0.452 e. The molecule has 0 N–H and O–H groups in total. The molecule has 0 saturated heterocycles. The molecule has 0 atom stereocenters. The van der Waals surface area contributed by atoms with Crippen LogP contribution in [0.2, 0.25) is 0 Å². The zero-order valence-corrected chi connectivity index (χ0v) is 27.0. The van der Waals surface area contributed by atoms with Gasteiger partial charge in [0.05, 0.1) is 11.0 Å². The Morgan fingerprint density at radius 1 is 0.400 bits per heavy atom. The van der Waals surface area contributed by atoms with Crippen LogP contribution in [-0.4, -0.2) is 14.5 Å². The van der Waals surface area contributed by atoms with Crippen molar-refractivity contribution in [2.75, 3.05) is 0 Å². The molecule has 0 aliphatic carbocycles. The number of benzene rings is 7. The van der Waals surface area contributed by atoms with Gasteiger partial charge in [0.2, 0.25) is 0 Å². The Kier molecular flexibility index (Phi) is 6.46. The maximum Gasteiger partial charge on any atom is 0.180 e. The number of para-hydroxylation sites is 2. The second kappa shape index (κ2) is 11.4. The highest BCUT2D eigenvalue weighted by Crippen LogP contribution is 2.38. The Labute approximate surface area is 288 Å². The normalized spacial score (nSPS) is 11.6. The van der Waals surface area contributed by atoms with Crippen molar-refractivity contribution in [1.82, 2.24) is 14.5 Å². The third-order valence-corrected chi connectivity index (χ3v) is 9.65. The van der Waals surface area contributed by atoms with Crippen molar-refractivity contribution in [3.8, 4) is 50.6 Å². The third-order valence-electron chi connectivity index (χ3n) is 9.65. The fraction of sp³-hybridized carbons (Fsp3) is 0. The molecule has 10 rings (SSSR count). The zero-order chi connectivity index (χ0) is 33.0. The summed E-state index contributed by atoms with van der Waals surface area (Å²) in [5.74, 6) is 0.670. The van der Waals surface area contributed by atoms with Gasteiger partial charge in [-0.1, -0.05) is 140 Å². The number of fused-ring (bicyclic) bond motifs is 6. The highest BCUT2D eigenvalue weighted by atomic mass is 16.3. The van der Waals surface area contributed by atoms with Gasteiger partial charge < -0.3 is 8.98 Å². The van der Waals surface area contributed by atoms with Gasteiger partial charge in [-0.2, -0.15) is 0 Å². The fourth-order valence-corrected chi connectivity index (χ4v) is 7.19. The molecular formula is C46H29N3O. The fourth-order valence-electron chi connectivity index (χ4n) is 7.19. The lowest BCUT2D eigenvalue weighted by atomic mass is 10.0. The summed E-state index contributed by atoms with van der Waals surface area (Å²) in [5, 5.41) is 3.48. The van der Waals surface area contributed by atoms with Gasteiger partial charge >= 0.3 is 0 Å². The van der Waals surface area contributed by atoms with Crippen molar-refractivity contribution in [3.63, 3.8) is 0 Å². The molecule has 50 heavy (non-hydrogen) atoms. The van der Waals surface area contributed by atoms with Crippen molar-refractivity contribution in [3.05, 3.63) is 176 Å². The molecule has 7 aromatic carbocycles. The number of rotatable bonds is 5. The van der Waals surface area contributed by atoms with Crippen LogP contribution in [0.25, 0.3) is 94.5 Å². The van der Waals surface area contributed by atoms with E-state index in [-0.39, 0.29) is 0 Å². The van der Waals surface area contributed by atoms with E-state index in [2.05, 4.69) is 156 Å². The van der Waals surface area contributed by atoms with Crippen LogP contribution in [-0.2, 0) is 0 Å². The third kappa shape index (κ3) is 4.61. The molecule has 0 fully saturated rings. The van der Waals surface area contributed by atoms with E-state index >= 15 is 0 Å². The van der Waals surface area contributed by atoms with Gasteiger partial charge in [0, 0.05) is 33.0 Å². The van der Waals surface area contributed by atoms with Gasteiger partial charge in [-0.05, 0) is 58.7 Å². The summed E-state index contributed by atoms with van der Waals surface area (Å²) in [6, 6.07) is 61.5. The number of aromatic nitrogens is 3. The van der Waals surface area contributed by atoms with Crippen molar-refractivity contribution in [2.24, 2.45) is 0 Å². The summed E-state index contributed by atoms with van der Waals surface area (Å²) >= 11 is 0. The van der Waals surface area contributed by atoms with E-state index in [1.54, 1.807) is 0 Å². The van der Waals surface area contributed by atoms with E-state index < -0.39 is 0 Å². The first-order chi connectivity index (χ1) is 24.8. The molecule has 0 unspecified atom stereocenters. The standard InChI is InChI=1S/C46H29N3O/c1-3-11-30(12-4-1)31-19-21-33(22-20-31)43-45-44(48-46(47-43)34-13-5-2-6-14-34)39-29-35(25-28-42(39)50-45)32-23-26-36(27-24-32)49-40-17-9-7-15-37(40)38-16-8-10-18-41(38)49/h1-29H. The second-order valence-electron chi connectivity index (χ2n) is 12.6. The van der Waals surface area contributed by atoms with Gasteiger partial charge in [-0.15, -0.1) is 0 Å². The summed E-state index contributed by atoms with van der Waals surface area (Å²) in [7, 11) is 0. The number of furan rings is 1. The van der Waals surface area contributed by atoms with Crippen LogP contribution >= 0.6 is 0 Å². The minimum Gasteiger partial charge on any atom is -0.452 e. The monoisotopic (exact) mass is 639 g/mol. The summed E-state index contributed by atoms with van der Waals surface area (Å²) in [4.78, 5) is 10.2. The molecule has 0 saturated carbocycles. The van der Waals surface area contributed by atoms with E-state index in [1.807, 2.05) is 24.3 Å². The number of nitrogens with zero attached hydrogens (tertiary/aromatic N) is 3. The Morgan fingerprint density at radius 2 is 0.920 bits per heavy atom. The lowest BCUT2D eigenvalue weighted by Crippen LogP contribution is -1.94. The molecule has 4 heteroatoms. The predicted octanol–water partition coefficient (Wildman–Crippen LogP) is 12.1. The van der Waals surface area contributed by atoms with Crippen LogP contribution in [0.3, 0.4) is 0 Å². The Bertz CT molecular complexity index is 2780. The molecule has 3 heterocycles. The molecule has 234 valence electrons. The van der Waals surface area contributed by atoms with E-state index in [0.717, 1.165) is 55.7 Å². The Hall–Kier alpha value is -6.78. The van der Waals surface area contributed by atoms with E-state index in [9.17, 15) is 0 Å². The molecule has 3 aromatic heterocycles. The first kappa shape index (κ1) is 28.3. The molecule has 0 spiro atoms. The van der Waals surface area contributed by atoms with Gasteiger partial charge in [-0.25, -0.2) is 9.97 Å². The number of hydrogen-bond donors (Lipinski definition) is 0. The quantitative estimate of drug-likeness (QED) is 0.188. The maximum absolute atomic E-state index is 6.56. The van der Waals surface area contributed by atoms with Crippen molar-refractivity contribution in [2.45, 2.75) is 0 Å². The molecule has 0 aliphatic heterocycles. The van der Waals surface area contributed by atoms with Crippen LogP contribution < -0.4 is 0 Å². The smallest absolute Gasteiger partial charge is 0.180 e. The SMILES string of the molecule is c1ccc(-c2ccc(-c3nc(-c4ccccc4)nc4c3oc3ccc(-c5ccc(-n6c7ccccc7c7ccccc76)cc5)cc34)cc2)cc1.